The summed E-state index contributed by atoms with van der Waals surface area (Å²) >= 11 is 6.42. The Balaban J connectivity index is 1.51. The summed E-state index contributed by atoms with van der Waals surface area (Å²) in [7, 11) is 0. The first-order valence-electron chi connectivity index (χ1n) is 12.6. The van der Waals surface area contributed by atoms with Crippen LogP contribution in [0.5, 0.6) is 0 Å². The Labute approximate surface area is 219 Å². The smallest absolute Gasteiger partial charge is 0.303 e. The molecule has 0 radical (unpaired) electrons. The standard InChI is InChI=1S/C26H30ClN5O5/c1-4-19-21(35-15(2)33)22(36-16(3)34)25(37-19)32-14-28-20-23(29-26(27)30-24(20)32)31-12-8-11-18(13-31)17-9-6-5-7-10-17/h5-7,9-10,14,18-19,21-22,25H,4,8,11-13H2,1-3H3/t18?,19-,21+,22?,25-/m1/s1. The third-order valence-corrected chi connectivity index (χ3v) is 7.10. The van der Waals surface area contributed by atoms with Gasteiger partial charge in [-0.05, 0) is 36.4 Å². The number of hydrogen-bond acceptors (Lipinski definition) is 9. The minimum Gasteiger partial charge on any atom is -0.456 e. The number of nitrogens with zero attached hydrogens (tertiary/aromatic N) is 5. The van der Waals surface area contributed by atoms with E-state index in [9.17, 15) is 9.59 Å². The Morgan fingerprint density at radius 3 is 2.54 bits per heavy atom. The van der Waals surface area contributed by atoms with Gasteiger partial charge in [-0.1, -0.05) is 37.3 Å². The second-order valence-corrected chi connectivity index (χ2v) is 9.80. The molecule has 2 aromatic heterocycles. The van der Waals surface area contributed by atoms with Crippen LogP contribution in [0.1, 0.15) is 57.7 Å². The molecule has 5 atom stereocenters. The maximum Gasteiger partial charge on any atom is 0.303 e. The van der Waals surface area contributed by atoms with Crippen LogP contribution in [0.4, 0.5) is 5.82 Å². The van der Waals surface area contributed by atoms with Crippen molar-refractivity contribution in [3.05, 3.63) is 47.5 Å². The number of benzene rings is 1. The number of rotatable bonds is 6. The zero-order valence-corrected chi connectivity index (χ0v) is 21.8. The van der Waals surface area contributed by atoms with Crippen LogP contribution < -0.4 is 4.90 Å². The molecule has 196 valence electrons. The summed E-state index contributed by atoms with van der Waals surface area (Å²) in [6.45, 7) is 6.14. The average molecular weight is 528 g/mol. The molecule has 0 aliphatic carbocycles. The van der Waals surface area contributed by atoms with E-state index in [0.29, 0.717) is 29.3 Å². The number of fused-ring (bicyclic) bond motifs is 1. The van der Waals surface area contributed by atoms with Crippen molar-refractivity contribution < 1.29 is 23.8 Å². The van der Waals surface area contributed by atoms with Crippen molar-refractivity contribution in [1.29, 1.82) is 0 Å². The van der Waals surface area contributed by atoms with Crippen molar-refractivity contribution in [2.45, 2.75) is 70.5 Å². The number of hydrogen-bond donors (Lipinski definition) is 0. The quantitative estimate of drug-likeness (QED) is 0.346. The van der Waals surface area contributed by atoms with Crippen LogP contribution in [0, 0.1) is 0 Å². The molecule has 11 heteroatoms. The van der Waals surface area contributed by atoms with Gasteiger partial charge in [-0.15, -0.1) is 0 Å². The van der Waals surface area contributed by atoms with Gasteiger partial charge in [0.15, 0.2) is 35.4 Å². The summed E-state index contributed by atoms with van der Waals surface area (Å²) in [5.74, 6) is 0.0266. The van der Waals surface area contributed by atoms with Gasteiger partial charge in [-0.2, -0.15) is 9.97 Å². The molecule has 0 saturated carbocycles. The number of halogens is 1. The highest BCUT2D eigenvalue weighted by Gasteiger charge is 2.49. The first-order valence-corrected chi connectivity index (χ1v) is 12.9. The first kappa shape index (κ1) is 25.4. The Morgan fingerprint density at radius 2 is 1.84 bits per heavy atom. The lowest BCUT2D eigenvalue weighted by molar-refractivity contribution is -0.165. The van der Waals surface area contributed by atoms with E-state index in [1.807, 2.05) is 13.0 Å². The van der Waals surface area contributed by atoms with Gasteiger partial charge >= 0.3 is 11.9 Å². The van der Waals surface area contributed by atoms with E-state index in [4.69, 9.17) is 25.8 Å². The van der Waals surface area contributed by atoms with Crippen molar-refractivity contribution >= 4 is 40.5 Å². The van der Waals surface area contributed by atoms with E-state index in [-0.39, 0.29) is 5.28 Å². The van der Waals surface area contributed by atoms with E-state index in [0.717, 1.165) is 25.9 Å². The van der Waals surface area contributed by atoms with Gasteiger partial charge in [-0.25, -0.2) is 4.98 Å². The highest BCUT2D eigenvalue weighted by atomic mass is 35.5. The van der Waals surface area contributed by atoms with Crippen LogP contribution in [-0.4, -0.2) is 62.9 Å². The van der Waals surface area contributed by atoms with Gasteiger partial charge < -0.3 is 19.1 Å². The zero-order chi connectivity index (χ0) is 26.1. The summed E-state index contributed by atoms with van der Waals surface area (Å²) in [5.41, 5.74) is 2.32. The Hall–Kier alpha value is -3.24. The number of carbonyl (C=O) groups is 2. The molecular formula is C26H30ClN5O5. The summed E-state index contributed by atoms with van der Waals surface area (Å²) in [6, 6.07) is 10.4. The first-order chi connectivity index (χ1) is 17.9. The van der Waals surface area contributed by atoms with E-state index >= 15 is 0 Å². The fourth-order valence-electron chi connectivity index (χ4n) is 5.36. The lowest BCUT2D eigenvalue weighted by atomic mass is 9.91. The van der Waals surface area contributed by atoms with Crippen LogP contribution in [0.15, 0.2) is 36.7 Å². The highest BCUT2D eigenvalue weighted by Crippen LogP contribution is 2.38. The minimum absolute atomic E-state index is 0.0803. The molecule has 0 bridgehead atoms. The molecule has 2 aliphatic rings. The number of carbonyl (C=O) groups excluding carboxylic acids is 2. The van der Waals surface area contributed by atoms with Gasteiger partial charge in [0.2, 0.25) is 5.28 Å². The molecule has 0 amide bonds. The summed E-state index contributed by atoms with van der Waals surface area (Å²) < 4.78 is 19.1. The van der Waals surface area contributed by atoms with Gasteiger partial charge in [0, 0.05) is 32.9 Å². The summed E-state index contributed by atoms with van der Waals surface area (Å²) in [6.07, 6.45) is 1.31. The number of esters is 2. The SMILES string of the molecule is CC[C@H]1O[C@@H](n2cnc3c(N4CCCC(c5ccccc5)C4)nc(Cl)nc32)C(OC(C)=O)[C@H]1OC(C)=O. The molecule has 0 N–H and O–H groups in total. The van der Waals surface area contributed by atoms with E-state index < -0.39 is 36.5 Å². The molecule has 1 aromatic carbocycles. The lowest BCUT2D eigenvalue weighted by Crippen LogP contribution is -2.38. The van der Waals surface area contributed by atoms with E-state index in [2.05, 4.69) is 44.1 Å². The molecule has 4 heterocycles. The topological polar surface area (TPSA) is 109 Å². The molecule has 10 nitrogen and oxygen atoms in total. The van der Waals surface area contributed by atoms with E-state index in [1.54, 1.807) is 10.9 Å². The highest BCUT2D eigenvalue weighted by molar-refractivity contribution is 6.28. The minimum atomic E-state index is -0.876. The maximum atomic E-state index is 12.0. The molecule has 2 aliphatic heterocycles. The molecule has 3 aromatic rings. The van der Waals surface area contributed by atoms with E-state index in [1.165, 1.54) is 19.4 Å². The predicted molar refractivity (Wildman–Crippen MR) is 136 cm³/mol. The maximum absolute atomic E-state index is 12.0. The number of anilines is 1. The van der Waals surface area contributed by atoms with Crippen LogP contribution in [0.25, 0.3) is 11.2 Å². The fraction of sp³-hybridized carbons (Fsp3) is 0.500. The van der Waals surface area contributed by atoms with Crippen LogP contribution in [0.2, 0.25) is 5.28 Å². The molecule has 37 heavy (non-hydrogen) atoms. The van der Waals surface area contributed by atoms with Crippen molar-refractivity contribution in [2.75, 3.05) is 18.0 Å². The third kappa shape index (κ3) is 5.13. The molecule has 0 spiro atoms. The Morgan fingerprint density at radius 1 is 1.11 bits per heavy atom. The molecule has 5 rings (SSSR count). The van der Waals surface area contributed by atoms with Crippen LogP contribution in [0.3, 0.4) is 0 Å². The molecule has 2 unspecified atom stereocenters. The predicted octanol–water partition coefficient (Wildman–Crippen LogP) is 4.03. The number of ether oxygens (including phenoxy) is 3. The monoisotopic (exact) mass is 527 g/mol. The Bertz CT molecular complexity index is 1290. The zero-order valence-electron chi connectivity index (χ0n) is 21.0. The lowest BCUT2D eigenvalue weighted by Gasteiger charge is -2.34. The van der Waals surface area contributed by atoms with Gasteiger partial charge in [0.25, 0.3) is 0 Å². The normalized spacial score (nSPS) is 25.8. The van der Waals surface area contributed by atoms with Crippen LogP contribution >= 0.6 is 11.6 Å². The summed E-state index contributed by atoms with van der Waals surface area (Å²) in [5, 5.41) is 0.0803. The van der Waals surface area contributed by atoms with Gasteiger partial charge in [0.05, 0.1) is 6.33 Å². The average Bonchev–Trinajstić information content (AvgIpc) is 3.44. The van der Waals surface area contributed by atoms with Crippen molar-refractivity contribution in [1.82, 2.24) is 19.5 Å². The number of aromatic nitrogens is 4. The number of imidazole rings is 1. The summed E-state index contributed by atoms with van der Waals surface area (Å²) in [4.78, 5) is 39.6. The van der Waals surface area contributed by atoms with Crippen molar-refractivity contribution in [3.8, 4) is 0 Å². The van der Waals surface area contributed by atoms with Gasteiger partial charge in [0.1, 0.15) is 6.10 Å². The van der Waals surface area contributed by atoms with Gasteiger partial charge in [-0.3, -0.25) is 14.2 Å². The Kier molecular flexibility index (Phi) is 7.30. The second kappa shape index (κ2) is 10.6. The second-order valence-electron chi connectivity index (χ2n) is 9.46. The molecule has 2 fully saturated rings. The largest absolute Gasteiger partial charge is 0.456 e. The van der Waals surface area contributed by atoms with Crippen molar-refractivity contribution in [2.24, 2.45) is 0 Å². The molecular weight excluding hydrogens is 498 g/mol. The number of piperidine rings is 1. The molecule has 2 saturated heterocycles. The van der Waals surface area contributed by atoms with Crippen molar-refractivity contribution in [3.63, 3.8) is 0 Å². The third-order valence-electron chi connectivity index (χ3n) is 6.93. The van der Waals surface area contributed by atoms with Crippen LogP contribution in [-0.2, 0) is 23.8 Å². The fourth-order valence-corrected chi connectivity index (χ4v) is 5.52.